The van der Waals surface area contributed by atoms with Crippen LogP contribution in [0.1, 0.15) is 26.7 Å². The third-order valence-corrected chi connectivity index (χ3v) is 2.46. The van der Waals surface area contributed by atoms with E-state index in [0.29, 0.717) is 0 Å². The first-order valence-electron chi connectivity index (χ1n) is 5.24. The monoisotopic (exact) mass is 264 g/mol. The third-order valence-electron chi connectivity index (χ3n) is 2.46. The number of carbonyl (C=O) groups excluding carboxylic acids is 1. The van der Waals surface area contributed by atoms with E-state index in [2.05, 4.69) is 0 Å². The predicted octanol–water partition coefficient (Wildman–Crippen LogP) is 2.36. The standard InChI is InChI=1S/C13H9FO5/c1-18-7-2-3-8(9(14)6-7)12(15)10-4-5-11(19-10)13(16)17/h2-6H,1H3,(H,16,17). The molecular weight excluding hydrogens is 255 g/mol. The molecule has 0 aliphatic carbocycles. The van der Waals surface area contributed by atoms with E-state index in [-0.39, 0.29) is 22.8 Å². The zero-order valence-electron chi connectivity index (χ0n) is 9.84. The maximum Gasteiger partial charge on any atom is 0.371 e. The van der Waals surface area contributed by atoms with Gasteiger partial charge in [0.2, 0.25) is 11.5 Å². The van der Waals surface area contributed by atoms with Crippen molar-refractivity contribution < 1.29 is 28.2 Å². The minimum Gasteiger partial charge on any atom is -0.497 e. The molecule has 0 aliphatic rings. The van der Waals surface area contributed by atoms with E-state index < -0.39 is 17.6 Å². The normalized spacial score (nSPS) is 10.2. The molecule has 0 saturated heterocycles. The minimum absolute atomic E-state index is 0.216. The van der Waals surface area contributed by atoms with Gasteiger partial charge in [-0.1, -0.05) is 0 Å². The van der Waals surface area contributed by atoms with Gasteiger partial charge in [0.15, 0.2) is 5.76 Å². The van der Waals surface area contributed by atoms with Crippen molar-refractivity contribution >= 4 is 11.8 Å². The second kappa shape index (κ2) is 4.93. The van der Waals surface area contributed by atoms with Gasteiger partial charge in [0, 0.05) is 6.07 Å². The maximum absolute atomic E-state index is 13.7. The Labute approximate surface area is 107 Å². The zero-order chi connectivity index (χ0) is 14.0. The minimum atomic E-state index is -1.30. The molecule has 2 rings (SSSR count). The molecule has 0 unspecified atom stereocenters. The highest BCUT2D eigenvalue weighted by atomic mass is 19.1. The first kappa shape index (κ1) is 12.8. The molecule has 5 nitrogen and oxygen atoms in total. The Hall–Kier alpha value is -2.63. The number of furan rings is 1. The summed E-state index contributed by atoms with van der Waals surface area (Å²) < 4.78 is 23.3. The molecule has 0 aliphatic heterocycles. The summed E-state index contributed by atoms with van der Waals surface area (Å²) in [4.78, 5) is 22.6. The Kier molecular flexibility index (Phi) is 3.33. The molecular formula is C13H9FO5. The lowest BCUT2D eigenvalue weighted by Crippen LogP contribution is -2.03. The number of hydrogen-bond donors (Lipinski definition) is 1. The summed E-state index contributed by atoms with van der Waals surface area (Å²) in [6.07, 6.45) is 0. The molecule has 2 aromatic rings. The largest absolute Gasteiger partial charge is 0.497 e. The number of methoxy groups -OCH3 is 1. The van der Waals surface area contributed by atoms with Gasteiger partial charge in [0.05, 0.1) is 12.7 Å². The van der Waals surface area contributed by atoms with Crippen molar-refractivity contribution in [3.8, 4) is 5.75 Å². The summed E-state index contributed by atoms with van der Waals surface area (Å²) >= 11 is 0. The van der Waals surface area contributed by atoms with E-state index in [1.54, 1.807) is 0 Å². The summed E-state index contributed by atoms with van der Waals surface area (Å²) in [5.74, 6) is -3.13. The molecule has 0 saturated carbocycles. The average Bonchev–Trinajstić information content (AvgIpc) is 2.87. The summed E-state index contributed by atoms with van der Waals surface area (Å²) in [6, 6.07) is 6.07. The second-order valence-corrected chi connectivity index (χ2v) is 3.64. The van der Waals surface area contributed by atoms with Crippen molar-refractivity contribution in [3.05, 3.63) is 53.2 Å². The van der Waals surface area contributed by atoms with E-state index in [1.165, 1.54) is 25.3 Å². The average molecular weight is 264 g/mol. The van der Waals surface area contributed by atoms with E-state index in [4.69, 9.17) is 14.3 Å². The fourth-order valence-corrected chi connectivity index (χ4v) is 1.51. The van der Waals surface area contributed by atoms with Crippen LogP contribution in [0.25, 0.3) is 0 Å². The fraction of sp³-hybridized carbons (Fsp3) is 0.0769. The van der Waals surface area contributed by atoms with Gasteiger partial charge in [-0.05, 0) is 24.3 Å². The maximum atomic E-state index is 13.7. The number of ketones is 1. The molecule has 19 heavy (non-hydrogen) atoms. The van der Waals surface area contributed by atoms with Crippen molar-refractivity contribution in [2.45, 2.75) is 0 Å². The van der Waals surface area contributed by atoms with Crippen molar-refractivity contribution in [3.63, 3.8) is 0 Å². The van der Waals surface area contributed by atoms with Gasteiger partial charge in [-0.2, -0.15) is 0 Å². The lowest BCUT2D eigenvalue weighted by Gasteiger charge is -2.03. The predicted molar refractivity (Wildman–Crippen MR) is 62.1 cm³/mol. The van der Waals surface area contributed by atoms with Crippen LogP contribution in [0.15, 0.2) is 34.7 Å². The summed E-state index contributed by atoms with van der Waals surface area (Å²) in [5, 5.41) is 8.68. The fourth-order valence-electron chi connectivity index (χ4n) is 1.51. The highest BCUT2D eigenvalue weighted by molar-refractivity contribution is 6.07. The van der Waals surface area contributed by atoms with Crippen LogP contribution in [0.4, 0.5) is 4.39 Å². The first-order chi connectivity index (χ1) is 9.02. The lowest BCUT2D eigenvalue weighted by molar-refractivity contribution is 0.0660. The Balaban J connectivity index is 2.35. The number of aromatic carboxylic acids is 1. The van der Waals surface area contributed by atoms with Crippen molar-refractivity contribution in [2.24, 2.45) is 0 Å². The molecule has 1 aromatic carbocycles. The SMILES string of the molecule is COc1ccc(C(=O)c2ccc(C(=O)O)o2)c(F)c1. The molecule has 1 N–H and O–H groups in total. The smallest absolute Gasteiger partial charge is 0.371 e. The van der Waals surface area contributed by atoms with Gasteiger partial charge in [0.25, 0.3) is 0 Å². The highest BCUT2D eigenvalue weighted by Crippen LogP contribution is 2.20. The Morgan fingerprint density at radius 2 is 1.89 bits per heavy atom. The van der Waals surface area contributed by atoms with Crippen LogP contribution in [0.3, 0.4) is 0 Å². The molecule has 1 heterocycles. The van der Waals surface area contributed by atoms with Gasteiger partial charge < -0.3 is 14.3 Å². The molecule has 0 spiro atoms. The number of benzene rings is 1. The third kappa shape index (κ3) is 2.47. The molecule has 0 amide bonds. The van der Waals surface area contributed by atoms with Crippen LogP contribution in [0.2, 0.25) is 0 Å². The second-order valence-electron chi connectivity index (χ2n) is 3.64. The molecule has 6 heteroatoms. The number of hydrogen-bond acceptors (Lipinski definition) is 4. The molecule has 0 atom stereocenters. The van der Waals surface area contributed by atoms with E-state index in [0.717, 1.165) is 12.1 Å². The van der Waals surface area contributed by atoms with Gasteiger partial charge in [0.1, 0.15) is 11.6 Å². The van der Waals surface area contributed by atoms with Crippen molar-refractivity contribution in [1.29, 1.82) is 0 Å². The Morgan fingerprint density at radius 3 is 2.42 bits per heavy atom. The van der Waals surface area contributed by atoms with Gasteiger partial charge in [-0.3, -0.25) is 4.79 Å². The topological polar surface area (TPSA) is 76.7 Å². The number of carbonyl (C=O) groups is 2. The van der Waals surface area contributed by atoms with Crippen LogP contribution < -0.4 is 4.74 Å². The molecule has 0 radical (unpaired) electrons. The Bertz CT molecular complexity index is 644. The summed E-state index contributed by atoms with van der Waals surface area (Å²) in [5.41, 5.74) is -0.216. The first-order valence-corrected chi connectivity index (χ1v) is 5.24. The summed E-state index contributed by atoms with van der Waals surface area (Å²) in [7, 11) is 1.38. The van der Waals surface area contributed by atoms with Gasteiger partial charge >= 0.3 is 5.97 Å². The Morgan fingerprint density at radius 1 is 1.21 bits per heavy atom. The van der Waals surface area contributed by atoms with Crippen LogP contribution in [-0.2, 0) is 0 Å². The molecule has 0 fully saturated rings. The van der Waals surface area contributed by atoms with Crippen molar-refractivity contribution in [1.82, 2.24) is 0 Å². The molecule has 98 valence electrons. The van der Waals surface area contributed by atoms with Crippen LogP contribution >= 0.6 is 0 Å². The quantitative estimate of drug-likeness (QED) is 0.858. The molecule has 1 aromatic heterocycles. The van der Waals surface area contributed by atoms with E-state index in [1.807, 2.05) is 0 Å². The molecule has 0 bridgehead atoms. The number of carboxylic acid groups (broad SMARTS) is 1. The van der Waals surface area contributed by atoms with Gasteiger partial charge in [-0.25, -0.2) is 9.18 Å². The van der Waals surface area contributed by atoms with Crippen LogP contribution in [-0.4, -0.2) is 24.0 Å². The van der Waals surface area contributed by atoms with Gasteiger partial charge in [-0.15, -0.1) is 0 Å². The summed E-state index contributed by atoms with van der Waals surface area (Å²) in [6.45, 7) is 0. The number of carboxylic acids is 1. The van der Waals surface area contributed by atoms with E-state index >= 15 is 0 Å². The lowest BCUT2D eigenvalue weighted by atomic mass is 10.1. The van der Waals surface area contributed by atoms with E-state index in [9.17, 15) is 14.0 Å². The van der Waals surface area contributed by atoms with Crippen LogP contribution in [0, 0.1) is 5.82 Å². The number of halogens is 1. The highest BCUT2D eigenvalue weighted by Gasteiger charge is 2.19. The van der Waals surface area contributed by atoms with Crippen LogP contribution in [0.5, 0.6) is 5.75 Å². The number of rotatable bonds is 4. The number of ether oxygens (including phenoxy) is 1. The zero-order valence-corrected chi connectivity index (χ0v) is 9.84. The van der Waals surface area contributed by atoms with Crippen molar-refractivity contribution in [2.75, 3.05) is 7.11 Å².